The summed E-state index contributed by atoms with van der Waals surface area (Å²) in [6, 6.07) is 3.95. The van der Waals surface area contributed by atoms with Gasteiger partial charge in [-0.3, -0.25) is 9.80 Å². The van der Waals surface area contributed by atoms with Gasteiger partial charge in [0, 0.05) is 49.9 Å². The number of nitrogens with zero attached hydrogens (tertiary/aromatic N) is 3. The number of rotatable bonds is 4. The number of anilines is 1. The molecule has 28 heavy (non-hydrogen) atoms. The minimum absolute atomic E-state index is 0.0146. The average molecular weight is 389 g/mol. The van der Waals surface area contributed by atoms with E-state index in [2.05, 4.69) is 45.0 Å². The van der Waals surface area contributed by atoms with Crippen molar-refractivity contribution >= 4 is 5.69 Å². The van der Waals surface area contributed by atoms with Gasteiger partial charge in [-0.2, -0.15) is 0 Å². The van der Waals surface area contributed by atoms with Gasteiger partial charge in [-0.15, -0.1) is 0 Å². The number of hydrogen-bond acceptors (Lipinski definition) is 6. The fourth-order valence-electron chi connectivity index (χ4n) is 5.74. The number of halogens is 1. The smallest absolute Gasteiger partial charge is 0.129 e. The average Bonchev–Trinajstić information content (AvgIpc) is 3.24. The van der Waals surface area contributed by atoms with Gasteiger partial charge in [0.1, 0.15) is 5.82 Å². The zero-order valence-corrected chi connectivity index (χ0v) is 17.0. The minimum atomic E-state index is -0.0856. The number of hydrazine groups is 1. The Labute approximate surface area is 167 Å². The number of hydrogen-bond donors (Lipinski definition) is 3. The van der Waals surface area contributed by atoms with E-state index in [1.807, 2.05) is 6.07 Å². The molecule has 5 rings (SSSR count). The molecule has 4 heterocycles. The molecule has 154 valence electrons. The summed E-state index contributed by atoms with van der Waals surface area (Å²) in [5.41, 5.74) is 9.25. The Bertz CT molecular complexity index is 715. The number of fused-ring (bicyclic) bond motifs is 1. The molecule has 7 heteroatoms. The van der Waals surface area contributed by atoms with Crippen LogP contribution < -0.4 is 16.2 Å². The van der Waals surface area contributed by atoms with Crippen molar-refractivity contribution in [2.24, 2.45) is 11.8 Å². The maximum Gasteiger partial charge on any atom is 0.129 e. The zero-order chi connectivity index (χ0) is 19.3. The van der Waals surface area contributed by atoms with Crippen LogP contribution in [0.1, 0.15) is 30.1 Å². The van der Waals surface area contributed by atoms with E-state index in [1.165, 1.54) is 45.6 Å². The molecule has 4 aliphatic rings. The van der Waals surface area contributed by atoms with Crippen LogP contribution in [0.2, 0.25) is 0 Å². The van der Waals surface area contributed by atoms with Crippen molar-refractivity contribution in [3.8, 4) is 0 Å². The Morgan fingerprint density at radius 1 is 1.14 bits per heavy atom. The molecule has 0 saturated carbocycles. The van der Waals surface area contributed by atoms with Crippen molar-refractivity contribution in [3.05, 3.63) is 29.1 Å². The lowest BCUT2D eigenvalue weighted by molar-refractivity contribution is 0.0916. The van der Waals surface area contributed by atoms with Crippen LogP contribution in [0, 0.1) is 17.7 Å². The summed E-state index contributed by atoms with van der Waals surface area (Å²) in [6.07, 6.45) is 2.53. The minimum Gasteiger partial charge on any atom is -0.321 e. The Hall–Kier alpha value is -1.25. The molecule has 2 unspecified atom stereocenters. The molecular weight excluding hydrogens is 355 g/mol. The topological polar surface area (TPSA) is 45.8 Å². The van der Waals surface area contributed by atoms with Crippen LogP contribution in [0.4, 0.5) is 10.1 Å². The molecule has 0 spiro atoms. The lowest BCUT2D eigenvalue weighted by Crippen LogP contribution is -2.50. The van der Waals surface area contributed by atoms with Crippen LogP contribution >= 0.6 is 0 Å². The monoisotopic (exact) mass is 388 g/mol. The second kappa shape index (κ2) is 7.54. The lowest BCUT2D eigenvalue weighted by Gasteiger charge is -2.40. The van der Waals surface area contributed by atoms with Crippen LogP contribution in [-0.2, 0) is 6.54 Å². The summed E-state index contributed by atoms with van der Waals surface area (Å²) in [5, 5.41) is 3.38. The van der Waals surface area contributed by atoms with Crippen LogP contribution in [0.3, 0.4) is 0 Å². The third-order valence-corrected chi connectivity index (χ3v) is 7.41. The molecule has 1 aromatic rings. The molecule has 0 aromatic heterocycles. The molecule has 3 fully saturated rings. The highest BCUT2D eigenvalue weighted by Gasteiger charge is 2.43. The maximum absolute atomic E-state index is 14.9. The van der Waals surface area contributed by atoms with E-state index < -0.39 is 0 Å². The first kappa shape index (κ1) is 18.8. The van der Waals surface area contributed by atoms with Gasteiger partial charge in [0.2, 0.25) is 0 Å². The molecule has 4 aliphatic heterocycles. The normalized spacial score (nSPS) is 30.4. The Kier molecular flexibility index (Phi) is 5.05. The molecular formula is C21H33FN6. The zero-order valence-electron chi connectivity index (χ0n) is 17.0. The molecule has 6 nitrogen and oxygen atoms in total. The van der Waals surface area contributed by atoms with E-state index in [1.54, 1.807) is 6.07 Å². The Morgan fingerprint density at radius 3 is 2.64 bits per heavy atom. The van der Waals surface area contributed by atoms with Crippen molar-refractivity contribution in [2.45, 2.75) is 31.6 Å². The van der Waals surface area contributed by atoms with Gasteiger partial charge in [-0.25, -0.2) is 9.82 Å². The van der Waals surface area contributed by atoms with E-state index in [0.717, 1.165) is 29.3 Å². The summed E-state index contributed by atoms with van der Waals surface area (Å²) in [5.74, 6) is 1.47. The van der Waals surface area contributed by atoms with Gasteiger partial charge >= 0.3 is 0 Å². The van der Waals surface area contributed by atoms with E-state index in [9.17, 15) is 4.39 Å². The molecule has 0 aliphatic carbocycles. The number of piperidine rings is 1. The standard InChI is InChI=1S/C21H33FN6/c1-26-13-19(15-5-7-28(8-6-15)12-14-9-23-10-14)27(2)21(26)20-16-11-24-25-18(16)4-3-17(20)22/h3-4,14-15,19,21,23-25H,5-13H2,1-2H3. The van der Waals surface area contributed by atoms with Gasteiger partial charge in [0.05, 0.1) is 11.9 Å². The largest absolute Gasteiger partial charge is 0.321 e. The summed E-state index contributed by atoms with van der Waals surface area (Å²) in [4.78, 5) is 7.43. The first-order valence-electron chi connectivity index (χ1n) is 10.8. The number of benzene rings is 1. The van der Waals surface area contributed by atoms with Crippen LogP contribution in [0.15, 0.2) is 12.1 Å². The van der Waals surface area contributed by atoms with Crippen LogP contribution in [0.5, 0.6) is 0 Å². The van der Waals surface area contributed by atoms with E-state index in [0.29, 0.717) is 18.5 Å². The predicted molar refractivity (Wildman–Crippen MR) is 109 cm³/mol. The molecule has 3 N–H and O–H groups in total. The van der Waals surface area contributed by atoms with Crippen molar-refractivity contribution in [2.75, 3.05) is 58.8 Å². The second-order valence-corrected chi connectivity index (χ2v) is 9.17. The molecule has 0 radical (unpaired) electrons. The highest BCUT2D eigenvalue weighted by molar-refractivity contribution is 5.58. The van der Waals surface area contributed by atoms with Gasteiger partial charge in [0.15, 0.2) is 0 Å². The molecule has 3 saturated heterocycles. The third kappa shape index (κ3) is 3.23. The predicted octanol–water partition coefficient (Wildman–Crippen LogP) is 1.43. The molecule has 2 atom stereocenters. The van der Waals surface area contributed by atoms with Gasteiger partial charge < -0.3 is 15.6 Å². The van der Waals surface area contributed by atoms with Crippen LogP contribution in [-0.4, -0.2) is 74.1 Å². The summed E-state index contributed by atoms with van der Waals surface area (Å²) < 4.78 is 14.9. The van der Waals surface area contributed by atoms with Crippen molar-refractivity contribution in [1.29, 1.82) is 0 Å². The number of likely N-dealkylation sites (N-methyl/N-ethyl adjacent to an activating group) is 2. The Morgan fingerprint density at radius 2 is 1.93 bits per heavy atom. The van der Waals surface area contributed by atoms with Crippen molar-refractivity contribution < 1.29 is 4.39 Å². The van der Waals surface area contributed by atoms with Gasteiger partial charge in [-0.05, 0) is 64.0 Å². The van der Waals surface area contributed by atoms with Crippen molar-refractivity contribution in [3.63, 3.8) is 0 Å². The highest BCUT2D eigenvalue weighted by atomic mass is 19.1. The fourth-order valence-corrected chi connectivity index (χ4v) is 5.74. The summed E-state index contributed by atoms with van der Waals surface area (Å²) in [7, 11) is 4.34. The lowest BCUT2D eigenvalue weighted by atomic mass is 9.88. The van der Waals surface area contributed by atoms with Crippen LogP contribution in [0.25, 0.3) is 0 Å². The Balaban J connectivity index is 1.29. The molecule has 0 amide bonds. The third-order valence-electron chi connectivity index (χ3n) is 7.41. The summed E-state index contributed by atoms with van der Waals surface area (Å²) >= 11 is 0. The quantitative estimate of drug-likeness (QED) is 0.726. The summed E-state index contributed by atoms with van der Waals surface area (Å²) in [6.45, 7) is 7.75. The molecule has 1 aromatic carbocycles. The van der Waals surface area contributed by atoms with Gasteiger partial charge in [0.25, 0.3) is 0 Å². The fraction of sp³-hybridized carbons (Fsp3) is 0.714. The number of likely N-dealkylation sites (tertiary alicyclic amines) is 1. The highest BCUT2D eigenvalue weighted by Crippen LogP contribution is 2.41. The SMILES string of the molecule is CN1CC(C2CCN(CC3CNC3)CC2)N(C)C1c1c(F)ccc2c1CNN2. The maximum atomic E-state index is 14.9. The van der Waals surface area contributed by atoms with E-state index in [-0.39, 0.29) is 12.0 Å². The van der Waals surface area contributed by atoms with Crippen molar-refractivity contribution in [1.82, 2.24) is 25.4 Å². The number of nitrogens with one attached hydrogen (secondary N) is 3. The molecule has 0 bridgehead atoms. The van der Waals surface area contributed by atoms with Gasteiger partial charge in [-0.1, -0.05) is 0 Å². The first-order chi connectivity index (χ1) is 13.6. The van der Waals surface area contributed by atoms with E-state index in [4.69, 9.17) is 0 Å². The second-order valence-electron chi connectivity index (χ2n) is 9.17. The van der Waals surface area contributed by atoms with E-state index >= 15 is 0 Å². The first-order valence-corrected chi connectivity index (χ1v) is 10.8.